The topological polar surface area (TPSA) is 119 Å². The van der Waals surface area contributed by atoms with Crippen molar-refractivity contribution >= 4 is 19.8 Å². The zero-order valence-electron chi connectivity index (χ0n) is 29.0. The first-order chi connectivity index (χ1) is 21.8. The molecule has 0 radical (unpaired) electrons. The van der Waals surface area contributed by atoms with Gasteiger partial charge in [0.05, 0.1) is 6.61 Å². The van der Waals surface area contributed by atoms with E-state index in [9.17, 15) is 14.2 Å². The highest BCUT2D eigenvalue weighted by Gasteiger charge is 2.22. The summed E-state index contributed by atoms with van der Waals surface area (Å²) >= 11 is 0. The van der Waals surface area contributed by atoms with E-state index in [-0.39, 0.29) is 19.4 Å². The van der Waals surface area contributed by atoms with Crippen LogP contribution in [-0.2, 0) is 28.2 Å². The Morgan fingerprint density at radius 2 is 0.978 bits per heavy atom. The highest BCUT2D eigenvalue weighted by Crippen LogP contribution is 2.36. The molecule has 0 spiro atoms. The largest absolute Gasteiger partial charge is 0.469 e. The molecule has 0 aromatic carbocycles. The lowest BCUT2D eigenvalue weighted by molar-refractivity contribution is -0.161. The molecule has 1 atom stereocenters. The maximum Gasteiger partial charge on any atom is 0.469 e. The predicted molar refractivity (Wildman–Crippen MR) is 184 cm³/mol. The number of phosphoric acid groups is 1. The molecule has 9 heteroatoms. The summed E-state index contributed by atoms with van der Waals surface area (Å²) in [5.74, 6) is -0.935. The molecule has 0 aliphatic carbocycles. The Balaban J connectivity index is 3.99. The number of unbranched alkanes of at least 4 members (excludes halogenated alkanes) is 22. The van der Waals surface area contributed by atoms with Crippen molar-refractivity contribution in [2.45, 2.75) is 193 Å². The van der Waals surface area contributed by atoms with Crippen LogP contribution in [0.3, 0.4) is 0 Å². The van der Waals surface area contributed by atoms with Gasteiger partial charge in [-0.3, -0.25) is 14.1 Å². The summed E-state index contributed by atoms with van der Waals surface area (Å²) in [6, 6.07) is 0. The summed E-state index contributed by atoms with van der Waals surface area (Å²) in [5.41, 5.74) is 0. The Bertz CT molecular complexity index is 751. The molecule has 0 aromatic rings. The first kappa shape index (κ1) is 43.8. The highest BCUT2D eigenvalue weighted by molar-refractivity contribution is 7.46. The fraction of sp³-hybridized carbons (Fsp3) is 0.889. The van der Waals surface area contributed by atoms with E-state index in [1.54, 1.807) is 0 Å². The lowest BCUT2D eigenvalue weighted by Gasteiger charge is -2.18. The number of ether oxygens (including phenoxy) is 2. The van der Waals surface area contributed by atoms with Crippen molar-refractivity contribution in [1.29, 1.82) is 0 Å². The van der Waals surface area contributed by atoms with Crippen molar-refractivity contribution in [3.05, 3.63) is 12.2 Å². The van der Waals surface area contributed by atoms with Gasteiger partial charge < -0.3 is 19.3 Å². The SMILES string of the molecule is CCCCCCCCCCCCC/C=C/CCC(=O)O[C@H](COC(=O)CCCCCCCCCCCCCC)COP(=O)(O)O. The van der Waals surface area contributed by atoms with Gasteiger partial charge in [-0.1, -0.05) is 161 Å². The zero-order valence-corrected chi connectivity index (χ0v) is 29.9. The van der Waals surface area contributed by atoms with Crippen molar-refractivity contribution < 1.29 is 37.9 Å². The fourth-order valence-electron chi connectivity index (χ4n) is 5.27. The monoisotopic (exact) mass is 660 g/mol. The molecule has 0 aromatic heterocycles. The van der Waals surface area contributed by atoms with Gasteiger partial charge in [-0.05, 0) is 25.7 Å². The first-order valence-corrected chi connectivity index (χ1v) is 20.0. The van der Waals surface area contributed by atoms with E-state index in [4.69, 9.17) is 19.3 Å². The quantitative estimate of drug-likeness (QED) is 0.0303. The smallest absolute Gasteiger partial charge is 0.462 e. The number of hydrogen-bond donors (Lipinski definition) is 2. The van der Waals surface area contributed by atoms with Crippen LogP contribution in [0.4, 0.5) is 0 Å². The van der Waals surface area contributed by atoms with Gasteiger partial charge in [0.15, 0.2) is 6.10 Å². The van der Waals surface area contributed by atoms with Gasteiger partial charge >= 0.3 is 19.8 Å². The summed E-state index contributed by atoms with van der Waals surface area (Å²) in [6.45, 7) is 3.65. The van der Waals surface area contributed by atoms with Gasteiger partial charge in [-0.25, -0.2) is 4.57 Å². The molecule has 0 saturated heterocycles. The third-order valence-corrected chi connectivity index (χ3v) is 8.53. The van der Waals surface area contributed by atoms with Gasteiger partial charge in [-0.2, -0.15) is 0 Å². The van der Waals surface area contributed by atoms with E-state index >= 15 is 0 Å². The van der Waals surface area contributed by atoms with Crippen LogP contribution in [0.2, 0.25) is 0 Å². The highest BCUT2D eigenvalue weighted by atomic mass is 31.2. The number of hydrogen-bond acceptors (Lipinski definition) is 6. The predicted octanol–water partition coefficient (Wildman–Crippen LogP) is 10.7. The van der Waals surface area contributed by atoms with Crippen LogP contribution in [0, 0.1) is 0 Å². The average Bonchev–Trinajstić information content (AvgIpc) is 3.00. The lowest BCUT2D eigenvalue weighted by atomic mass is 10.0. The van der Waals surface area contributed by atoms with Crippen LogP contribution in [-0.4, -0.2) is 41.0 Å². The number of phosphoric ester groups is 1. The molecule has 0 heterocycles. The normalized spacial score (nSPS) is 12.5. The number of allylic oxidation sites excluding steroid dienone is 2. The molecule has 0 bridgehead atoms. The van der Waals surface area contributed by atoms with Crippen LogP contribution in [0.5, 0.6) is 0 Å². The van der Waals surface area contributed by atoms with Crippen LogP contribution in [0.15, 0.2) is 12.2 Å². The number of esters is 2. The lowest BCUT2D eigenvalue weighted by Crippen LogP contribution is -2.29. The molecule has 8 nitrogen and oxygen atoms in total. The molecule has 0 aliphatic rings. The standard InChI is InChI=1S/C36H69O8P/c1-3-5-7-9-11-13-15-17-18-19-21-23-25-27-29-31-36(38)44-34(33-43-45(39,40)41)32-42-35(37)30-28-26-24-22-20-16-14-12-10-8-6-4-2/h25,27,34H,3-24,26,28-33H2,1-2H3,(H2,39,40,41)/b27-25+/t34-/m1/s1. The van der Waals surface area contributed by atoms with Crippen molar-refractivity contribution in [1.82, 2.24) is 0 Å². The maximum atomic E-state index is 12.3. The number of carbonyl (C=O) groups is 2. The van der Waals surface area contributed by atoms with Crippen molar-refractivity contribution in [2.75, 3.05) is 13.2 Å². The van der Waals surface area contributed by atoms with Gasteiger partial charge in [0, 0.05) is 12.8 Å². The average molecular weight is 661 g/mol. The molecular weight excluding hydrogens is 591 g/mol. The van der Waals surface area contributed by atoms with Crippen molar-refractivity contribution in [3.63, 3.8) is 0 Å². The van der Waals surface area contributed by atoms with Gasteiger partial charge in [0.25, 0.3) is 0 Å². The van der Waals surface area contributed by atoms with Crippen LogP contribution >= 0.6 is 7.82 Å². The molecular formula is C36H69O8P. The summed E-state index contributed by atoms with van der Waals surface area (Å²) < 4.78 is 26.2. The number of carbonyl (C=O) groups excluding carboxylic acids is 2. The molecule has 0 rings (SSSR count). The van der Waals surface area contributed by atoms with Crippen molar-refractivity contribution in [3.8, 4) is 0 Å². The molecule has 45 heavy (non-hydrogen) atoms. The molecule has 0 amide bonds. The van der Waals surface area contributed by atoms with Gasteiger partial charge in [-0.15, -0.1) is 0 Å². The Hall–Kier alpha value is -1.21. The first-order valence-electron chi connectivity index (χ1n) is 18.5. The summed E-state index contributed by atoms with van der Waals surface area (Å²) in [7, 11) is -4.75. The molecule has 2 N–H and O–H groups in total. The maximum absolute atomic E-state index is 12.3. The summed E-state index contributed by atoms with van der Waals surface area (Å²) in [6.07, 6.45) is 33.7. The van der Waals surface area contributed by atoms with Gasteiger partial charge in [0.1, 0.15) is 6.61 Å². The minimum absolute atomic E-state index is 0.133. The van der Waals surface area contributed by atoms with Crippen LogP contribution in [0.1, 0.15) is 187 Å². The second-order valence-electron chi connectivity index (χ2n) is 12.6. The van der Waals surface area contributed by atoms with E-state index in [0.29, 0.717) is 6.42 Å². The second kappa shape index (κ2) is 32.7. The van der Waals surface area contributed by atoms with Crippen molar-refractivity contribution in [2.24, 2.45) is 0 Å². The molecule has 266 valence electrons. The third-order valence-electron chi connectivity index (χ3n) is 8.05. The number of rotatable bonds is 34. The summed E-state index contributed by atoms with van der Waals surface area (Å²) in [5, 5.41) is 0. The fourth-order valence-corrected chi connectivity index (χ4v) is 5.63. The van der Waals surface area contributed by atoms with E-state index in [1.165, 1.54) is 122 Å². The Labute approximate surface area is 276 Å². The Morgan fingerprint density at radius 1 is 0.556 bits per heavy atom. The van der Waals surface area contributed by atoms with Crippen LogP contribution < -0.4 is 0 Å². The molecule has 0 saturated carbocycles. The summed E-state index contributed by atoms with van der Waals surface area (Å²) in [4.78, 5) is 42.6. The van der Waals surface area contributed by atoms with E-state index in [1.807, 2.05) is 6.08 Å². The second-order valence-corrected chi connectivity index (χ2v) is 13.8. The van der Waals surface area contributed by atoms with E-state index in [0.717, 1.165) is 32.1 Å². The van der Waals surface area contributed by atoms with Crippen LogP contribution in [0.25, 0.3) is 0 Å². The minimum Gasteiger partial charge on any atom is -0.462 e. The third kappa shape index (κ3) is 35.5. The molecule has 0 fully saturated rings. The molecule has 0 unspecified atom stereocenters. The van der Waals surface area contributed by atoms with E-state index < -0.39 is 32.5 Å². The Morgan fingerprint density at radius 3 is 1.44 bits per heavy atom. The zero-order chi connectivity index (χ0) is 33.3. The minimum atomic E-state index is -4.75. The molecule has 0 aliphatic heterocycles. The van der Waals surface area contributed by atoms with Gasteiger partial charge in [0.2, 0.25) is 0 Å². The van der Waals surface area contributed by atoms with E-state index in [2.05, 4.69) is 24.4 Å². The Kier molecular flexibility index (Phi) is 31.8.